The number of hydrogen-bond donors (Lipinski definition) is 0. The summed E-state index contributed by atoms with van der Waals surface area (Å²) in [6.45, 7) is 0. The minimum Gasteiger partial charge on any atom is -0.481 e. The topological polar surface area (TPSA) is 26.3 Å². The molecule has 136 valence electrons. The molecular weight excluding hydrogens is 412 g/mol. The Labute approximate surface area is 171 Å². The minimum atomic E-state index is -0.579. The third-order valence-electron chi connectivity index (χ3n) is 5.34. The van der Waals surface area contributed by atoms with Crippen LogP contribution in [0.15, 0.2) is 95.5 Å². The molecule has 1 heterocycles. The van der Waals surface area contributed by atoms with E-state index in [0.29, 0.717) is 5.56 Å². The summed E-state index contributed by atoms with van der Waals surface area (Å²) in [6.07, 6.45) is -0.579. The Kier molecular flexibility index (Phi) is 4.25. The molecule has 0 spiro atoms. The van der Waals surface area contributed by atoms with Gasteiger partial charge in [0, 0.05) is 15.6 Å². The second-order valence-corrected chi connectivity index (χ2v) is 7.91. The van der Waals surface area contributed by atoms with Gasteiger partial charge in [-0.15, -0.1) is 0 Å². The van der Waals surface area contributed by atoms with Gasteiger partial charge in [-0.1, -0.05) is 88.7 Å². The predicted octanol–water partition coefficient (Wildman–Crippen LogP) is 6.38. The van der Waals surface area contributed by atoms with E-state index in [9.17, 15) is 4.79 Å². The van der Waals surface area contributed by atoms with Gasteiger partial charge in [0.2, 0.25) is 5.78 Å². The molecule has 2 nitrogen and oxygen atoms in total. The highest BCUT2D eigenvalue weighted by molar-refractivity contribution is 9.10. The van der Waals surface area contributed by atoms with Gasteiger partial charge >= 0.3 is 0 Å². The number of fused-ring (bicyclic) bond motifs is 3. The van der Waals surface area contributed by atoms with Gasteiger partial charge in [0.05, 0.1) is 5.92 Å². The van der Waals surface area contributed by atoms with E-state index in [1.165, 1.54) is 0 Å². The molecule has 0 aromatic heterocycles. The first kappa shape index (κ1) is 17.2. The monoisotopic (exact) mass is 428 g/mol. The quantitative estimate of drug-likeness (QED) is 0.354. The van der Waals surface area contributed by atoms with E-state index in [4.69, 9.17) is 4.74 Å². The lowest BCUT2D eigenvalue weighted by molar-refractivity contribution is 0.0807. The molecule has 1 aliphatic rings. The van der Waals surface area contributed by atoms with Crippen molar-refractivity contribution in [3.63, 3.8) is 0 Å². The summed E-state index contributed by atoms with van der Waals surface area (Å²) in [5, 5.41) is 2.29. The Morgan fingerprint density at radius 3 is 2.29 bits per heavy atom. The molecule has 0 N–H and O–H groups in total. The van der Waals surface area contributed by atoms with Crippen LogP contribution < -0.4 is 4.74 Å². The third kappa shape index (κ3) is 2.83. The van der Waals surface area contributed by atoms with Crippen molar-refractivity contribution in [2.24, 2.45) is 0 Å². The van der Waals surface area contributed by atoms with Crippen molar-refractivity contribution in [3.8, 4) is 5.75 Å². The average molecular weight is 429 g/mol. The Hall–Kier alpha value is -2.91. The van der Waals surface area contributed by atoms with Crippen LogP contribution in [0.3, 0.4) is 0 Å². The SMILES string of the molecule is O=C(c1ccc(Br)cc1)C1Oc2ccc3ccccc3c2C1c1ccccc1. The van der Waals surface area contributed by atoms with Crippen molar-refractivity contribution in [1.82, 2.24) is 0 Å². The second kappa shape index (κ2) is 6.92. The summed E-state index contributed by atoms with van der Waals surface area (Å²) in [4.78, 5) is 13.4. The van der Waals surface area contributed by atoms with Crippen molar-refractivity contribution in [2.45, 2.75) is 12.0 Å². The summed E-state index contributed by atoms with van der Waals surface area (Å²) >= 11 is 3.43. The largest absolute Gasteiger partial charge is 0.481 e. The minimum absolute atomic E-state index is 0.00151. The van der Waals surface area contributed by atoms with E-state index < -0.39 is 6.10 Å². The van der Waals surface area contributed by atoms with Crippen LogP contribution in [-0.4, -0.2) is 11.9 Å². The Bertz CT molecular complexity index is 1170. The zero-order chi connectivity index (χ0) is 19.1. The lowest BCUT2D eigenvalue weighted by Crippen LogP contribution is -2.30. The van der Waals surface area contributed by atoms with Gasteiger partial charge in [-0.05, 0) is 34.5 Å². The molecule has 0 saturated heterocycles. The number of halogens is 1. The van der Waals surface area contributed by atoms with E-state index in [0.717, 1.165) is 32.1 Å². The highest BCUT2D eigenvalue weighted by Crippen LogP contribution is 2.46. The lowest BCUT2D eigenvalue weighted by Gasteiger charge is -2.19. The van der Waals surface area contributed by atoms with E-state index in [1.54, 1.807) is 0 Å². The van der Waals surface area contributed by atoms with Gasteiger partial charge in [0.25, 0.3) is 0 Å². The lowest BCUT2D eigenvalue weighted by atomic mass is 9.83. The third-order valence-corrected chi connectivity index (χ3v) is 5.87. The maximum Gasteiger partial charge on any atom is 0.204 e. The van der Waals surface area contributed by atoms with E-state index in [2.05, 4.69) is 46.3 Å². The van der Waals surface area contributed by atoms with E-state index in [-0.39, 0.29) is 11.7 Å². The highest BCUT2D eigenvalue weighted by atomic mass is 79.9. The fourth-order valence-corrected chi connectivity index (χ4v) is 4.30. The molecule has 0 bridgehead atoms. The maximum atomic E-state index is 13.4. The van der Waals surface area contributed by atoms with Gasteiger partial charge in [-0.25, -0.2) is 0 Å². The second-order valence-electron chi connectivity index (χ2n) is 7.00. The average Bonchev–Trinajstić information content (AvgIpc) is 3.14. The summed E-state index contributed by atoms with van der Waals surface area (Å²) in [5.74, 6) is 0.656. The molecular formula is C25H17BrO2. The number of Topliss-reactive ketones (excluding diaryl/α,β-unsaturated/α-hetero) is 1. The fraction of sp³-hybridized carbons (Fsp3) is 0.0800. The summed E-state index contributed by atoms with van der Waals surface area (Å²) in [7, 11) is 0. The van der Waals surface area contributed by atoms with Gasteiger partial charge < -0.3 is 4.74 Å². The van der Waals surface area contributed by atoms with Crippen LogP contribution in [0.25, 0.3) is 10.8 Å². The van der Waals surface area contributed by atoms with Crippen molar-refractivity contribution >= 4 is 32.5 Å². The first-order chi connectivity index (χ1) is 13.7. The van der Waals surface area contributed by atoms with Crippen LogP contribution in [0.1, 0.15) is 27.4 Å². The van der Waals surface area contributed by atoms with Gasteiger partial charge in [0.1, 0.15) is 5.75 Å². The van der Waals surface area contributed by atoms with Gasteiger partial charge in [-0.2, -0.15) is 0 Å². The molecule has 4 aromatic rings. The Balaban J connectivity index is 1.68. The number of hydrogen-bond acceptors (Lipinski definition) is 2. The van der Waals surface area contributed by atoms with Crippen LogP contribution in [0, 0.1) is 0 Å². The molecule has 0 aliphatic carbocycles. The van der Waals surface area contributed by atoms with Gasteiger partial charge in [0.15, 0.2) is 6.10 Å². The molecule has 3 heteroatoms. The highest BCUT2D eigenvalue weighted by Gasteiger charge is 2.41. The Morgan fingerprint density at radius 2 is 1.50 bits per heavy atom. The smallest absolute Gasteiger partial charge is 0.204 e. The molecule has 0 saturated carbocycles. The molecule has 4 aromatic carbocycles. The van der Waals surface area contributed by atoms with Crippen LogP contribution in [0.5, 0.6) is 5.75 Å². The molecule has 0 radical (unpaired) electrons. The number of carbonyl (C=O) groups excluding carboxylic acids is 1. The number of ketones is 1. The number of benzene rings is 4. The summed E-state index contributed by atoms with van der Waals surface area (Å²) < 4.78 is 7.22. The van der Waals surface area contributed by atoms with Crippen molar-refractivity contribution in [1.29, 1.82) is 0 Å². The van der Waals surface area contributed by atoms with Crippen LogP contribution >= 0.6 is 15.9 Å². The molecule has 5 rings (SSSR count). The number of carbonyl (C=O) groups is 1. The van der Waals surface area contributed by atoms with E-state index in [1.807, 2.05) is 60.7 Å². The molecule has 2 unspecified atom stereocenters. The zero-order valence-corrected chi connectivity index (χ0v) is 16.6. The fourth-order valence-electron chi connectivity index (χ4n) is 4.04. The van der Waals surface area contributed by atoms with Crippen LogP contribution in [-0.2, 0) is 0 Å². The number of rotatable bonds is 3. The molecule has 2 atom stereocenters. The molecule has 28 heavy (non-hydrogen) atoms. The maximum absolute atomic E-state index is 13.4. The van der Waals surface area contributed by atoms with Gasteiger partial charge in [-0.3, -0.25) is 4.79 Å². The number of ether oxygens (including phenoxy) is 1. The summed E-state index contributed by atoms with van der Waals surface area (Å²) in [6, 6.07) is 30.0. The predicted molar refractivity (Wildman–Crippen MR) is 115 cm³/mol. The molecule has 0 amide bonds. The summed E-state index contributed by atoms with van der Waals surface area (Å²) in [5.41, 5.74) is 2.85. The first-order valence-corrected chi connectivity index (χ1v) is 10.0. The molecule has 1 aliphatic heterocycles. The van der Waals surface area contributed by atoms with Crippen LogP contribution in [0.4, 0.5) is 0 Å². The Morgan fingerprint density at radius 1 is 0.786 bits per heavy atom. The zero-order valence-electron chi connectivity index (χ0n) is 15.0. The van der Waals surface area contributed by atoms with Crippen molar-refractivity contribution in [2.75, 3.05) is 0 Å². The van der Waals surface area contributed by atoms with Crippen molar-refractivity contribution in [3.05, 3.63) is 112 Å². The van der Waals surface area contributed by atoms with Crippen molar-refractivity contribution < 1.29 is 9.53 Å². The first-order valence-electron chi connectivity index (χ1n) is 9.25. The molecule has 0 fully saturated rings. The normalized spacial score (nSPS) is 17.9. The van der Waals surface area contributed by atoms with E-state index >= 15 is 0 Å². The standard InChI is InChI=1S/C25H17BrO2/c26-19-13-10-18(11-14-19)24(27)25-22(17-7-2-1-3-8-17)23-20-9-5-4-6-16(20)12-15-21(23)28-25/h1-15,22,25H. The van der Waals surface area contributed by atoms with Crippen LogP contribution in [0.2, 0.25) is 0 Å².